The first-order valence-electron chi connectivity index (χ1n) is 8.05. The fourth-order valence-electron chi connectivity index (χ4n) is 2.44. The maximum Gasteiger partial charge on any atom is 0.227 e. The molecule has 0 bridgehead atoms. The van der Waals surface area contributed by atoms with Crippen LogP contribution < -0.4 is 10.6 Å². The van der Waals surface area contributed by atoms with Crippen LogP contribution in [0.3, 0.4) is 0 Å². The van der Waals surface area contributed by atoms with Crippen LogP contribution in [0.5, 0.6) is 0 Å². The van der Waals surface area contributed by atoms with Gasteiger partial charge in [-0.2, -0.15) is 9.97 Å². The number of aromatic nitrogens is 4. The first kappa shape index (κ1) is 16.2. The lowest BCUT2D eigenvalue weighted by molar-refractivity contribution is 0.271. The van der Waals surface area contributed by atoms with Gasteiger partial charge in [0.15, 0.2) is 17.0 Å². The first-order chi connectivity index (χ1) is 11.7. The Balaban J connectivity index is 1.90. The molecule has 3 N–H and O–H groups in total. The smallest absolute Gasteiger partial charge is 0.227 e. The minimum Gasteiger partial charge on any atom is -0.394 e. The summed E-state index contributed by atoms with van der Waals surface area (Å²) in [6.45, 7) is 2.70. The quantitative estimate of drug-likeness (QED) is 0.617. The number of imidazole rings is 1. The SMILES string of the molecule is CCC(CO)Nc1nc(NCc2ccccc2)c2ncn(C)c2n1. The number of nitrogens with zero attached hydrogens (tertiary/aromatic N) is 4. The summed E-state index contributed by atoms with van der Waals surface area (Å²) in [6.07, 6.45) is 2.51. The van der Waals surface area contributed by atoms with Gasteiger partial charge in [-0.05, 0) is 12.0 Å². The van der Waals surface area contributed by atoms with E-state index in [0.717, 1.165) is 23.1 Å². The van der Waals surface area contributed by atoms with Crippen LogP contribution in [0.1, 0.15) is 18.9 Å². The molecule has 2 aromatic heterocycles. The van der Waals surface area contributed by atoms with E-state index in [1.807, 2.05) is 36.7 Å². The highest BCUT2D eigenvalue weighted by atomic mass is 16.3. The third kappa shape index (κ3) is 3.46. The predicted molar refractivity (Wildman–Crippen MR) is 94.9 cm³/mol. The molecule has 0 amide bonds. The van der Waals surface area contributed by atoms with E-state index in [2.05, 4.69) is 37.7 Å². The van der Waals surface area contributed by atoms with Gasteiger partial charge in [0.2, 0.25) is 5.95 Å². The Hall–Kier alpha value is -2.67. The fraction of sp³-hybridized carbons (Fsp3) is 0.353. The molecule has 3 aromatic rings. The first-order valence-corrected chi connectivity index (χ1v) is 8.05. The van der Waals surface area contributed by atoms with Gasteiger partial charge in [-0.25, -0.2) is 4.98 Å². The van der Waals surface area contributed by atoms with Crippen molar-refractivity contribution in [3.8, 4) is 0 Å². The minimum atomic E-state index is -0.0716. The zero-order valence-corrected chi connectivity index (χ0v) is 13.9. The van der Waals surface area contributed by atoms with Crippen molar-refractivity contribution < 1.29 is 5.11 Å². The molecule has 24 heavy (non-hydrogen) atoms. The molecule has 1 aromatic carbocycles. The summed E-state index contributed by atoms with van der Waals surface area (Å²) in [5.41, 5.74) is 2.64. The average Bonchev–Trinajstić information content (AvgIpc) is 3.00. The molecule has 2 heterocycles. The van der Waals surface area contributed by atoms with E-state index < -0.39 is 0 Å². The van der Waals surface area contributed by atoms with Gasteiger partial charge in [-0.3, -0.25) is 0 Å². The molecule has 0 radical (unpaired) electrons. The topological polar surface area (TPSA) is 87.9 Å². The van der Waals surface area contributed by atoms with Crippen molar-refractivity contribution in [2.75, 3.05) is 17.2 Å². The summed E-state index contributed by atoms with van der Waals surface area (Å²) in [5, 5.41) is 15.9. The Morgan fingerprint density at radius 3 is 2.71 bits per heavy atom. The molecule has 1 unspecified atom stereocenters. The lowest BCUT2D eigenvalue weighted by atomic mass is 10.2. The molecule has 3 rings (SSSR count). The number of nitrogens with one attached hydrogen (secondary N) is 2. The van der Waals surface area contributed by atoms with E-state index in [-0.39, 0.29) is 12.6 Å². The Labute approximate surface area is 140 Å². The highest BCUT2D eigenvalue weighted by Gasteiger charge is 2.14. The third-order valence-electron chi connectivity index (χ3n) is 3.91. The van der Waals surface area contributed by atoms with E-state index in [1.165, 1.54) is 0 Å². The highest BCUT2D eigenvalue weighted by molar-refractivity contribution is 5.84. The molecule has 0 aliphatic heterocycles. The number of aliphatic hydroxyl groups excluding tert-OH is 1. The molecule has 126 valence electrons. The van der Waals surface area contributed by atoms with Crippen molar-refractivity contribution >= 4 is 22.9 Å². The van der Waals surface area contributed by atoms with Crippen molar-refractivity contribution in [1.29, 1.82) is 0 Å². The van der Waals surface area contributed by atoms with E-state index >= 15 is 0 Å². The molecule has 0 fully saturated rings. The fourth-order valence-corrected chi connectivity index (χ4v) is 2.44. The van der Waals surface area contributed by atoms with Gasteiger partial charge < -0.3 is 20.3 Å². The van der Waals surface area contributed by atoms with E-state index in [9.17, 15) is 5.11 Å². The zero-order valence-electron chi connectivity index (χ0n) is 13.9. The van der Waals surface area contributed by atoms with Gasteiger partial charge in [0.1, 0.15) is 0 Å². The van der Waals surface area contributed by atoms with Gasteiger partial charge in [-0.1, -0.05) is 37.3 Å². The van der Waals surface area contributed by atoms with Crippen LogP contribution in [0.2, 0.25) is 0 Å². The Morgan fingerprint density at radius 1 is 1.21 bits per heavy atom. The monoisotopic (exact) mass is 326 g/mol. The lowest BCUT2D eigenvalue weighted by Gasteiger charge is -2.15. The normalized spacial score (nSPS) is 12.3. The molecule has 0 aliphatic carbocycles. The van der Waals surface area contributed by atoms with Crippen molar-refractivity contribution in [2.45, 2.75) is 25.9 Å². The van der Waals surface area contributed by atoms with Crippen molar-refractivity contribution in [1.82, 2.24) is 19.5 Å². The number of rotatable bonds is 7. The van der Waals surface area contributed by atoms with Gasteiger partial charge in [0.25, 0.3) is 0 Å². The molecule has 0 spiro atoms. The Kier molecular flexibility index (Phi) is 4.90. The number of anilines is 2. The third-order valence-corrected chi connectivity index (χ3v) is 3.91. The number of fused-ring (bicyclic) bond motifs is 1. The predicted octanol–water partition coefficient (Wildman–Crippen LogP) is 2.16. The molecular formula is C17H22N6O. The van der Waals surface area contributed by atoms with Crippen LogP contribution in [0.15, 0.2) is 36.7 Å². The van der Waals surface area contributed by atoms with Gasteiger partial charge in [0.05, 0.1) is 19.0 Å². The van der Waals surface area contributed by atoms with Gasteiger partial charge in [0, 0.05) is 13.6 Å². The number of aliphatic hydroxyl groups is 1. The summed E-state index contributed by atoms with van der Waals surface area (Å²) in [5.74, 6) is 1.17. The zero-order chi connectivity index (χ0) is 16.9. The summed E-state index contributed by atoms with van der Waals surface area (Å²) in [6, 6.07) is 10.1. The van der Waals surface area contributed by atoms with Crippen LogP contribution >= 0.6 is 0 Å². The lowest BCUT2D eigenvalue weighted by Crippen LogP contribution is -2.24. The van der Waals surface area contributed by atoms with Crippen LogP contribution in [0.4, 0.5) is 11.8 Å². The highest BCUT2D eigenvalue weighted by Crippen LogP contribution is 2.21. The van der Waals surface area contributed by atoms with E-state index in [1.54, 1.807) is 6.33 Å². The standard InChI is InChI=1S/C17H22N6O/c1-3-13(10-24)20-17-21-15(14-16(22-17)23(2)11-19-14)18-9-12-7-5-4-6-8-12/h4-8,11,13,24H,3,9-10H2,1-2H3,(H2,18,20,21,22). The Bertz CT molecular complexity index is 797. The largest absolute Gasteiger partial charge is 0.394 e. The molecule has 7 heteroatoms. The maximum atomic E-state index is 9.39. The van der Waals surface area contributed by atoms with Crippen molar-refractivity contribution in [2.24, 2.45) is 7.05 Å². The molecule has 1 atom stereocenters. The molecule has 7 nitrogen and oxygen atoms in total. The molecule has 0 saturated carbocycles. The summed E-state index contributed by atoms with van der Waals surface area (Å²) < 4.78 is 1.86. The number of benzene rings is 1. The molecule has 0 saturated heterocycles. The second kappa shape index (κ2) is 7.27. The van der Waals surface area contributed by atoms with Crippen LogP contribution in [0, 0.1) is 0 Å². The summed E-state index contributed by atoms with van der Waals surface area (Å²) in [4.78, 5) is 13.4. The number of hydrogen-bond donors (Lipinski definition) is 3. The molecule has 0 aliphatic rings. The van der Waals surface area contributed by atoms with E-state index in [0.29, 0.717) is 18.3 Å². The van der Waals surface area contributed by atoms with Crippen LogP contribution in [-0.2, 0) is 13.6 Å². The van der Waals surface area contributed by atoms with Gasteiger partial charge >= 0.3 is 0 Å². The van der Waals surface area contributed by atoms with Gasteiger partial charge in [-0.15, -0.1) is 0 Å². The number of aryl methyl sites for hydroxylation is 1. The second-order valence-electron chi connectivity index (χ2n) is 5.69. The molecular weight excluding hydrogens is 304 g/mol. The second-order valence-corrected chi connectivity index (χ2v) is 5.69. The summed E-state index contributed by atoms with van der Waals surface area (Å²) in [7, 11) is 1.90. The van der Waals surface area contributed by atoms with E-state index in [4.69, 9.17) is 0 Å². The minimum absolute atomic E-state index is 0.0378. The maximum absolute atomic E-state index is 9.39. The van der Waals surface area contributed by atoms with Crippen molar-refractivity contribution in [3.63, 3.8) is 0 Å². The van der Waals surface area contributed by atoms with Crippen molar-refractivity contribution in [3.05, 3.63) is 42.2 Å². The average molecular weight is 326 g/mol. The Morgan fingerprint density at radius 2 is 2.00 bits per heavy atom. The summed E-state index contributed by atoms with van der Waals surface area (Å²) >= 11 is 0. The number of hydrogen-bond acceptors (Lipinski definition) is 6. The van der Waals surface area contributed by atoms with Crippen LogP contribution in [0.25, 0.3) is 11.2 Å². The van der Waals surface area contributed by atoms with Crippen LogP contribution in [-0.4, -0.2) is 37.3 Å².